The highest BCUT2D eigenvalue weighted by Gasteiger charge is 2.65. The highest BCUT2D eigenvalue weighted by atomic mass is 15.1. The van der Waals surface area contributed by atoms with Crippen LogP contribution in [0, 0.1) is 30.6 Å². The first kappa shape index (κ1) is 11.8. The van der Waals surface area contributed by atoms with Gasteiger partial charge in [-0.3, -0.25) is 0 Å². The Morgan fingerprint density at radius 3 is 2.35 bits per heavy atom. The van der Waals surface area contributed by atoms with E-state index >= 15 is 0 Å². The average Bonchev–Trinajstić information content (AvgIpc) is 2.79. The van der Waals surface area contributed by atoms with E-state index in [-0.39, 0.29) is 0 Å². The lowest BCUT2D eigenvalue weighted by atomic mass is 9.74. The molecule has 0 aliphatic heterocycles. The molecule has 0 spiro atoms. The van der Waals surface area contributed by atoms with E-state index in [1.165, 1.54) is 18.4 Å². The van der Waals surface area contributed by atoms with E-state index in [0.29, 0.717) is 0 Å². The molecular weight excluding hydrogens is 242 g/mol. The summed E-state index contributed by atoms with van der Waals surface area (Å²) in [6.07, 6.45) is 7.40. The molecule has 2 bridgehead atoms. The van der Waals surface area contributed by atoms with Gasteiger partial charge in [0.25, 0.3) is 0 Å². The maximum atomic E-state index is 4.01. The van der Waals surface area contributed by atoms with Crippen LogP contribution < -0.4 is 5.32 Å². The van der Waals surface area contributed by atoms with Crippen molar-refractivity contribution in [1.29, 1.82) is 0 Å². The zero-order valence-electron chi connectivity index (χ0n) is 12.4. The van der Waals surface area contributed by atoms with Crippen LogP contribution >= 0.6 is 0 Å². The molecule has 1 nitrogen and oxygen atoms in total. The standard InChI is InChI=1S/C19H25N/c1-11-4-2-3-5-16(11)14-9-15(10-14)20-19-17-12-6-7-13(8-12)18(17)19/h2-5,12-15,17-20H,6-10H2,1H3. The average molecular weight is 267 g/mol. The smallest absolute Gasteiger partial charge is 0.0138 e. The Bertz CT molecular complexity index is 514. The lowest BCUT2D eigenvalue weighted by Gasteiger charge is -2.38. The Morgan fingerprint density at radius 1 is 0.950 bits per heavy atom. The summed E-state index contributed by atoms with van der Waals surface area (Å²) in [7, 11) is 0. The van der Waals surface area contributed by atoms with Crippen molar-refractivity contribution in [2.24, 2.45) is 23.7 Å². The minimum atomic E-state index is 0.814. The van der Waals surface area contributed by atoms with Gasteiger partial charge in [0.1, 0.15) is 0 Å². The SMILES string of the molecule is Cc1ccccc1C1CC(NC2C3C4CCC(C4)C23)C1. The van der Waals surface area contributed by atoms with E-state index in [0.717, 1.165) is 41.7 Å². The van der Waals surface area contributed by atoms with Gasteiger partial charge in [-0.25, -0.2) is 0 Å². The van der Waals surface area contributed by atoms with Gasteiger partial charge in [0, 0.05) is 12.1 Å². The van der Waals surface area contributed by atoms with E-state index in [4.69, 9.17) is 0 Å². The van der Waals surface area contributed by atoms with Crippen molar-refractivity contribution in [3.05, 3.63) is 35.4 Å². The fraction of sp³-hybridized carbons (Fsp3) is 0.684. The Labute approximate surface area is 122 Å². The first-order chi connectivity index (χ1) is 9.81. The van der Waals surface area contributed by atoms with E-state index in [2.05, 4.69) is 36.5 Å². The molecule has 0 amide bonds. The van der Waals surface area contributed by atoms with Crippen molar-refractivity contribution in [3.63, 3.8) is 0 Å². The van der Waals surface area contributed by atoms with Crippen LogP contribution in [0.5, 0.6) is 0 Å². The summed E-state index contributed by atoms with van der Waals surface area (Å²) in [6.45, 7) is 2.26. The maximum Gasteiger partial charge on any atom is 0.0138 e. The second kappa shape index (κ2) is 4.10. The third-order valence-corrected chi connectivity index (χ3v) is 6.93. The molecule has 1 aromatic carbocycles. The van der Waals surface area contributed by atoms with Crippen molar-refractivity contribution >= 4 is 0 Å². The van der Waals surface area contributed by atoms with Gasteiger partial charge in [0.05, 0.1) is 0 Å². The van der Waals surface area contributed by atoms with Gasteiger partial charge in [-0.05, 0) is 79.7 Å². The number of benzene rings is 1. The molecule has 106 valence electrons. The molecule has 4 aliphatic rings. The predicted octanol–water partition coefficient (Wildman–Crippen LogP) is 3.88. The van der Waals surface area contributed by atoms with Crippen LogP contribution in [-0.2, 0) is 0 Å². The molecule has 0 saturated heterocycles. The number of fused-ring (bicyclic) bond motifs is 5. The van der Waals surface area contributed by atoms with Gasteiger partial charge < -0.3 is 5.32 Å². The minimum absolute atomic E-state index is 0.814. The molecule has 4 atom stereocenters. The van der Waals surface area contributed by atoms with Crippen LogP contribution in [0.4, 0.5) is 0 Å². The summed E-state index contributed by atoms with van der Waals surface area (Å²) in [4.78, 5) is 0. The number of hydrogen-bond donors (Lipinski definition) is 1. The van der Waals surface area contributed by atoms with E-state index < -0.39 is 0 Å². The highest BCUT2D eigenvalue weighted by Crippen LogP contribution is 2.66. The van der Waals surface area contributed by atoms with Crippen LogP contribution in [-0.4, -0.2) is 12.1 Å². The maximum absolute atomic E-state index is 4.01. The third kappa shape index (κ3) is 1.59. The lowest BCUT2D eigenvalue weighted by Crippen LogP contribution is -2.43. The summed E-state index contributed by atoms with van der Waals surface area (Å²) >= 11 is 0. The molecule has 4 saturated carbocycles. The van der Waals surface area contributed by atoms with Crippen molar-refractivity contribution < 1.29 is 0 Å². The molecule has 20 heavy (non-hydrogen) atoms. The second-order valence-electron chi connectivity index (χ2n) is 7.90. The van der Waals surface area contributed by atoms with Crippen LogP contribution in [0.15, 0.2) is 24.3 Å². The Hall–Kier alpha value is -0.820. The summed E-state index contributed by atoms with van der Waals surface area (Å²) in [6, 6.07) is 10.7. The van der Waals surface area contributed by atoms with E-state index in [1.807, 2.05) is 0 Å². The first-order valence-electron chi connectivity index (χ1n) is 8.63. The number of nitrogens with one attached hydrogen (secondary N) is 1. The van der Waals surface area contributed by atoms with Crippen LogP contribution in [0.25, 0.3) is 0 Å². The molecule has 5 rings (SSSR count). The van der Waals surface area contributed by atoms with Crippen molar-refractivity contribution in [2.75, 3.05) is 0 Å². The Balaban J connectivity index is 1.19. The van der Waals surface area contributed by atoms with Gasteiger partial charge in [-0.1, -0.05) is 24.3 Å². The largest absolute Gasteiger partial charge is 0.311 e. The molecule has 4 unspecified atom stereocenters. The van der Waals surface area contributed by atoms with Gasteiger partial charge >= 0.3 is 0 Å². The zero-order chi connectivity index (χ0) is 13.3. The van der Waals surface area contributed by atoms with Gasteiger partial charge in [-0.15, -0.1) is 0 Å². The first-order valence-corrected chi connectivity index (χ1v) is 8.63. The predicted molar refractivity (Wildman–Crippen MR) is 81.7 cm³/mol. The zero-order valence-corrected chi connectivity index (χ0v) is 12.4. The van der Waals surface area contributed by atoms with Gasteiger partial charge in [-0.2, -0.15) is 0 Å². The topological polar surface area (TPSA) is 12.0 Å². The van der Waals surface area contributed by atoms with E-state index in [1.54, 1.807) is 24.8 Å². The molecule has 1 aromatic rings. The fourth-order valence-electron chi connectivity index (χ4n) is 5.87. The summed E-state index contributed by atoms with van der Waals surface area (Å²) in [5.74, 6) is 5.21. The molecule has 0 heterocycles. The quantitative estimate of drug-likeness (QED) is 0.876. The van der Waals surface area contributed by atoms with Gasteiger partial charge in [0.15, 0.2) is 0 Å². The molecule has 1 N–H and O–H groups in total. The molecule has 4 aliphatic carbocycles. The van der Waals surface area contributed by atoms with Crippen molar-refractivity contribution in [1.82, 2.24) is 5.32 Å². The van der Waals surface area contributed by atoms with Crippen LogP contribution in [0.1, 0.15) is 49.1 Å². The lowest BCUT2D eigenvalue weighted by molar-refractivity contribution is 0.271. The van der Waals surface area contributed by atoms with Crippen molar-refractivity contribution in [3.8, 4) is 0 Å². The normalized spacial score (nSPS) is 48.0. The number of rotatable bonds is 3. The second-order valence-corrected chi connectivity index (χ2v) is 7.90. The summed E-state index contributed by atoms with van der Waals surface area (Å²) in [5, 5.41) is 4.01. The van der Waals surface area contributed by atoms with Gasteiger partial charge in [0.2, 0.25) is 0 Å². The van der Waals surface area contributed by atoms with E-state index in [9.17, 15) is 0 Å². The van der Waals surface area contributed by atoms with Crippen molar-refractivity contribution in [2.45, 2.75) is 57.0 Å². The summed E-state index contributed by atoms with van der Waals surface area (Å²) in [5.41, 5.74) is 3.08. The minimum Gasteiger partial charge on any atom is -0.311 e. The number of hydrogen-bond acceptors (Lipinski definition) is 1. The molecular formula is C19H25N. The Kier molecular flexibility index (Phi) is 2.42. The molecule has 0 radical (unpaired) electrons. The third-order valence-electron chi connectivity index (χ3n) is 6.93. The highest BCUT2D eigenvalue weighted by molar-refractivity contribution is 5.31. The molecule has 0 aromatic heterocycles. The monoisotopic (exact) mass is 267 g/mol. The molecule has 1 heteroatoms. The fourth-order valence-corrected chi connectivity index (χ4v) is 5.87. The van der Waals surface area contributed by atoms with Crippen LogP contribution in [0.3, 0.4) is 0 Å². The summed E-state index contributed by atoms with van der Waals surface area (Å²) < 4.78 is 0. The number of aryl methyl sites for hydroxylation is 1. The Morgan fingerprint density at radius 2 is 1.65 bits per heavy atom. The van der Waals surface area contributed by atoms with Crippen LogP contribution in [0.2, 0.25) is 0 Å². The molecule has 4 fully saturated rings.